The van der Waals surface area contributed by atoms with Crippen molar-refractivity contribution in [2.24, 2.45) is 0 Å². The number of carbonyl (C=O) groups excluding carboxylic acids is 2. The molecule has 0 aromatic carbocycles. The Hall–Kier alpha value is -3.29. The highest BCUT2D eigenvalue weighted by molar-refractivity contribution is 5.99. The largest absolute Gasteiger partial charge is 0.355 e. The number of aryl methyl sites for hydroxylation is 1. The summed E-state index contributed by atoms with van der Waals surface area (Å²) in [6.07, 6.45) is 7.63. The van der Waals surface area contributed by atoms with Crippen LogP contribution < -0.4 is 5.32 Å². The lowest BCUT2D eigenvalue weighted by atomic mass is 9.98. The molecule has 8 heteroatoms. The third-order valence-electron chi connectivity index (χ3n) is 5.17. The number of aromatic nitrogens is 4. The summed E-state index contributed by atoms with van der Waals surface area (Å²) in [7, 11) is 1.58. The monoisotopic (exact) mass is 378 g/mol. The highest BCUT2D eigenvalue weighted by Gasteiger charge is 2.31. The SMILES string of the molecule is CNC(=O)c1cnn2c([C@@H]3CCCCN3C(=O)c3ccc(C)nc3)ccnc12. The lowest BCUT2D eigenvalue weighted by Gasteiger charge is -2.36. The van der Waals surface area contributed by atoms with Gasteiger partial charge in [-0.25, -0.2) is 9.50 Å². The molecule has 1 saturated heterocycles. The smallest absolute Gasteiger partial charge is 0.256 e. The molecule has 0 spiro atoms. The van der Waals surface area contributed by atoms with Crippen molar-refractivity contribution in [3.05, 3.63) is 59.3 Å². The molecule has 0 bridgehead atoms. The van der Waals surface area contributed by atoms with Crippen molar-refractivity contribution in [3.8, 4) is 0 Å². The van der Waals surface area contributed by atoms with Gasteiger partial charge in [0.05, 0.1) is 23.5 Å². The standard InChI is InChI=1S/C20H22N6O2/c1-13-6-7-14(11-23-13)20(28)25-10-4-3-5-16(25)17-8-9-22-18-15(19(27)21-2)12-24-26(17)18/h6-9,11-12,16H,3-5,10H2,1-2H3,(H,21,27)/t16-/m0/s1. The number of carbonyl (C=O) groups is 2. The zero-order valence-corrected chi connectivity index (χ0v) is 15.9. The van der Waals surface area contributed by atoms with Crippen molar-refractivity contribution in [2.75, 3.05) is 13.6 Å². The molecule has 3 aromatic heterocycles. The van der Waals surface area contributed by atoms with Gasteiger partial charge in [0.1, 0.15) is 5.56 Å². The fourth-order valence-corrected chi connectivity index (χ4v) is 3.70. The number of pyridine rings is 1. The molecule has 0 unspecified atom stereocenters. The number of fused-ring (bicyclic) bond motifs is 1. The van der Waals surface area contributed by atoms with E-state index in [-0.39, 0.29) is 17.9 Å². The van der Waals surface area contributed by atoms with Gasteiger partial charge in [-0.2, -0.15) is 5.10 Å². The van der Waals surface area contributed by atoms with Gasteiger partial charge >= 0.3 is 0 Å². The molecule has 1 N–H and O–H groups in total. The first-order valence-electron chi connectivity index (χ1n) is 9.38. The summed E-state index contributed by atoms with van der Waals surface area (Å²) >= 11 is 0. The molecule has 28 heavy (non-hydrogen) atoms. The van der Waals surface area contributed by atoms with Crippen LogP contribution in [0.25, 0.3) is 5.65 Å². The Kier molecular flexibility index (Phi) is 4.77. The Morgan fingerprint density at radius 2 is 2.00 bits per heavy atom. The topological polar surface area (TPSA) is 92.5 Å². The van der Waals surface area contributed by atoms with Crippen molar-refractivity contribution in [2.45, 2.75) is 32.2 Å². The molecule has 1 fully saturated rings. The van der Waals surface area contributed by atoms with Crippen molar-refractivity contribution in [1.82, 2.24) is 29.8 Å². The van der Waals surface area contributed by atoms with Crippen LogP contribution in [0.2, 0.25) is 0 Å². The normalized spacial score (nSPS) is 16.9. The lowest BCUT2D eigenvalue weighted by Crippen LogP contribution is -2.39. The molecule has 1 aliphatic rings. The third-order valence-corrected chi connectivity index (χ3v) is 5.17. The van der Waals surface area contributed by atoms with E-state index in [1.807, 2.05) is 30.0 Å². The van der Waals surface area contributed by atoms with Gasteiger partial charge in [0.25, 0.3) is 11.8 Å². The summed E-state index contributed by atoms with van der Waals surface area (Å²) in [6, 6.07) is 5.40. The van der Waals surface area contributed by atoms with Crippen molar-refractivity contribution in [3.63, 3.8) is 0 Å². The average molecular weight is 378 g/mol. The van der Waals surface area contributed by atoms with Gasteiger partial charge in [-0.05, 0) is 44.4 Å². The summed E-state index contributed by atoms with van der Waals surface area (Å²) in [5, 5.41) is 6.99. The minimum absolute atomic E-state index is 0.0409. The van der Waals surface area contributed by atoms with Crippen molar-refractivity contribution in [1.29, 1.82) is 0 Å². The number of piperidine rings is 1. The van der Waals surface area contributed by atoms with Crippen molar-refractivity contribution >= 4 is 17.5 Å². The van der Waals surface area contributed by atoms with Gasteiger partial charge in [-0.3, -0.25) is 14.6 Å². The van der Waals surface area contributed by atoms with Crippen LogP contribution in [0, 0.1) is 6.92 Å². The fraction of sp³-hybridized carbons (Fsp3) is 0.350. The maximum absolute atomic E-state index is 13.2. The minimum atomic E-state index is -0.234. The Balaban J connectivity index is 1.74. The van der Waals surface area contributed by atoms with E-state index in [2.05, 4.69) is 20.4 Å². The second-order valence-corrected chi connectivity index (χ2v) is 6.94. The molecule has 0 radical (unpaired) electrons. The van der Waals surface area contributed by atoms with Gasteiger partial charge in [0.15, 0.2) is 5.65 Å². The van der Waals surface area contributed by atoms with E-state index in [1.54, 1.807) is 24.0 Å². The van der Waals surface area contributed by atoms with Gasteiger partial charge in [-0.1, -0.05) is 0 Å². The van der Waals surface area contributed by atoms with Crippen LogP contribution >= 0.6 is 0 Å². The van der Waals surface area contributed by atoms with Crippen molar-refractivity contribution < 1.29 is 9.59 Å². The Morgan fingerprint density at radius 1 is 1.14 bits per heavy atom. The lowest BCUT2D eigenvalue weighted by molar-refractivity contribution is 0.0602. The van der Waals surface area contributed by atoms with E-state index >= 15 is 0 Å². The van der Waals surface area contributed by atoms with E-state index in [0.29, 0.717) is 23.3 Å². The molecule has 144 valence electrons. The van der Waals surface area contributed by atoms with Crippen LogP contribution in [0.3, 0.4) is 0 Å². The summed E-state index contributed by atoms with van der Waals surface area (Å²) in [6.45, 7) is 2.57. The Bertz CT molecular complexity index is 1030. The predicted octanol–water partition coefficient (Wildman–Crippen LogP) is 2.16. The van der Waals surface area contributed by atoms with Gasteiger partial charge in [0.2, 0.25) is 0 Å². The molecule has 0 saturated carbocycles. The second-order valence-electron chi connectivity index (χ2n) is 6.94. The first kappa shape index (κ1) is 18.1. The average Bonchev–Trinajstić information content (AvgIpc) is 3.17. The third kappa shape index (κ3) is 3.11. The number of amides is 2. The molecule has 1 aliphatic heterocycles. The van der Waals surface area contributed by atoms with Crippen LogP contribution in [0.4, 0.5) is 0 Å². The number of nitrogens with one attached hydrogen (secondary N) is 1. The van der Waals surface area contributed by atoms with Gasteiger partial charge in [0, 0.05) is 31.7 Å². The first-order chi connectivity index (χ1) is 13.6. The van der Waals surface area contributed by atoms with Gasteiger partial charge in [-0.15, -0.1) is 0 Å². The minimum Gasteiger partial charge on any atom is -0.355 e. The zero-order chi connectivity index (χ0) is 19.7. The summed E-state index contributed by atoms with van der Waals surface area (Å²) in [4.78, 5) is 35.7. The highest BCUT2D eigenvalue weighted by Crippen LogP contribution is 2.32. The molecule has 4 rings (SSSR count). The Morgan fingerprint density at radius 3 is 2.75 bits per heavy atom. The molecule has 2 amide bonds. The van der Waals surface area contributed by atoms with E-state index in [4.69, 9.17) is 0 Å². The molecule has 3 aromatic rings. The van der Waals surface area contributed by atoms with Crippen LogP contribution in [-0.4, -0.2) is 49.9 Å². The quantitative estimate of drug-likeness (QED) is 0.754. The summed E-state index contributed by atoms with van der Waals surface area (Å²) in [5.74, 6) is -0.275. The molecular weight excluding hydrogens is 356 g/mol. The summed E-state index contributed by atoms with van der Waals surface area (Å²) in [5.41, 5.74) is 3.22. The van der Waals surface area contributed by atoms with E-state index < -0.39 is 0 Å². The van der Waals surface area contributed by atoms with Crippen LogP contribution in [0.15, 0.2) is 36.8 Å². The van der Waals surface area contributed by atoms with E-state index in [0.717, 1.165) is 30.7 Å². The maximum atomic E-state index is 13.2. The molecule has 0 aliphatic carbocycles. The van der Waals surface area contributed by atoms with Crippen LogP contribution in [0.1, 0.15) is 57.4 Å². The molecular formula is C20H22N6O2. The molecule has 1 atom stereocenters. The van der Waals surface area contributed by atoms with Gasteiger partial charge < -0.3 is 10.2 Å². The second kappa shape index (κ2) is 7.38. The molecule has 8 nitrogen and oxygen atoms in total. The highest BCUT2D eigenvalue weighted by atomic mass is 16.2. The van der Waals surface area contributed by atoms with Crippen LogP contribution in [-0.2, 0) is 0 Å². The summed E-state index contributed by atoms with van der Waals surface area (Å²) < 4.78 is 1.67. The van der Waals surface area contributed by atoms with E-state index in [1.165, 1.54) is 6.20 Å². The first-order valence-corrected chi connectivity index (χ1v) is 9.38. The number of likely N-dealkylation sites (tertiary alicyclic amines) is 1. The number of nitrogens with zero attached hydrogens (tertiary/aromatic N) is 5. The molecule has 4 heterocycles. The fourth-order valence-electron chi connectivity index (χ4n) is 3.70. The predicted molar refractivity (Wildman–Crippen MR) is 103 cm³/mol. The van der Waals surface area contributed by atoms with Crippen LogP contribution in [0.5, 0.6) is 0 Å². The Labute approximate surface area is 162 Å². The maximum Gasteiger partial charge on any atom is 0.256 e. The number of rotatable bonds is 3. The van der Waals surface area contributed by atoms with E-state index in [9.17, 15) is 9.59 Å². The zero-order valence-electron chi connectivity index (χ0n) is 15.9. The number of hydrogen-bond donors (Lipinski definition) is 1. The number of hydrogen-bond acceptors (Lipinski definition) is 5.